The summed E-state index contributed by atoms with van der Waals surface area (Å²) in [6, 6.07) is 8.90. The standard InChI is InChI=1S/C17H28N2O/c1-5-15-7-9-16(10-8-15)13(3)11-17(20)19-12-14(4)18-6-2/h7-10,13-14,18H,5-6,11-12H2,1-4H3,(H,19,20)/t13?,14-/m1/s1. The van der Waals surface area contributed by atoms with Crippen molar-refractivity contribution in [2.45, 2.75) is 52.5 Å². The zero-order valence-electron chi connectivity index (χ0n) is 13.2. The lowest BCUT2D eigenvalue weighted by Gasteiger charge is -2.15. The van der Waals surface area contributed by atoms with E-state index in [9.17, 15) is 4.79 Å². The van der Waals surface area contributed by atoms with Crippen molar-refractivity contribution in [2.24, 2.45) is 0 Å². The summed E-state index contributed by atoms with van der Waals surface area (Å²) in [6.07, 6.45) is 1.60. The van der Waals surface area contributed by atoms with Gasteiger partial charge in [0.2, 0.25) is 5.91 Å². The molecule has 0 heterocycles. The second-order valence-corrected chi connectivity index (χ2v) is 5.46. The highest BCUT2D eigenvalue weighted by Crippen LogP contribution is 2.19. The number of nitrogens with one attached hydrogen (secondary N) is 2. The van der Waals surface area contributed by atoms with E-state index in [0.717, 1.165) is 13.0 Å². The summed E-state index contributed by atoms with van der Waals surface area (Å²) < 4.78 is 0. The minimum Gasteiger partial charge on any atom is -0.355 e. The fourth-order valence-electron chi connectivity index (χ4n) is 2.24. The molecule has 1 amide bonds. The molecule has 0 radical (unpaired) electrons. The van der Waals surface area contributed by atoms with Crippen LogP contribution in [0.15, 0.2) is 24.3 Å². The molecule has 0 bridgehead atoms. The lowest BCUT2D eigenvalue weighted by Crippen LogP contribution is -2.39. The Bertz CT molecular complexity index is 400. The molecule has 0 saturated carbocycles. The first-order valence-electron chi connectivity index (χ1n) is 7.65. The van der Waals surface area contributed by atoms with Crippen molar-refractivity contribution in [3.63, 3.8) is 0 Å². The smallest absolute Gasteiger partial charge is 0.220 e. The van der Waals surface area contributed by atoms with E-state index in [1.165, 1.54) is 11.1 Å². The van der Waals surface area contributed by atoms with Gasteiger partial charge >= 0.3 is 0 Å². The van der Waals surface area contributed by atoms with Crippen LogP contribution in [0.25, 0.3) is 0 Å². The third kappa shape index (κ3) is 5.74. The van der Waals surface area contributed by atoms with Gasteiger partial charge in [0.25, 0.3) is 0 Å². The largest absolute Gasteiger partial charge is 0.355 e. The highest BCUT2D eigenvalue weighted by molar-refractivity contribution is 5.76. The van der Waals surface area contributed by atoms with Gasteiger partial charge in [0.15, 0.2) is 0 Å². The summed E-state index contributed by atoms with van der Waals surface area (Å²) in [5, 5.41) is 6.27. The zero-order valence-corrected chi connectivity index (χ0v) is 13.2. The monoisotopic (exact) mass is 276 g/mol. The van der Waals surface area contributed by atoms with Gasteiger partial charge in [-0.05, 0) is 36.9 Å². The Labute approximate surface area is 123 Å². The average Bonchev–Trinajstić information content (AvgIpc) is 2.45. The molecule has 0 aromatic heterocycles. The molecule has 3 heteroatoms. The summed E-state index contributed by atoms with van der Waals surface area (Å²) in [5.41, 5.74) is 2.57. The zero-order chi connectivity index (χ0) is 15.0. The van der Waals surface area contributed by atoms with Crippen LogP contribution in [-0.2, 0) is 11.2 Å². The van der Waals surface area contributed by atoms with E-state index in [-0.39, 0.29) is 11.8 Å². The van der Waals surface area contributed by atoms with Crippen LogP contribution in [0.3, 0.4) is 0 Å². The lowest BCUT2D eigenvalue weighted by atomic mass is 9.96. The predicted octanol–water partition coefficient (Wildman–Crippen LogP) is 2.86. The first-order chi connectivity index (χ1) is 9.56. The third-order valence-corrected chi connectivity index (χ3v) is 3.61. The van der Waals surface area contributed by atoms with Crippen LogP contribution in [0.4, 0.5) is 0 Å². The summed E-state index contributed by atoms with van der Waals surface area (Å²) in [6.45, 7) is 10.0. The molecule has 0 aliphatic carbocycles. The SMILES string of the molecule is CCN[C@H](C)CNC(=O)CC(C)c1ccc(CC)cc1. The Morgan fingerprint density at radius 3 is 2.35 bits per heavy atom. The van der Waals surface area contributed by atoms with Crippen molar-refractivity contribution in [2.75, 3.05) is 13.1 Å². The van der Waals surface area contributed by atoms with Gasteiger partial charge in [0.05, 0.1) is 0 Å². The number of carbonyl (C=O) groups excluding carboxylic acids is 1. The van der Waals surface area contributed by atoms with Crippen molar-refractivity contribution in [3.8, 4) is 0 Å². The van der Waals surface area contributed by atoms with E-state index < -0.39 is 0 Å². The quantitative estimate of drug-likeness (QED) is 0.766. The molecule has 20 heavy (non-hydrogen) atoms. The summed E-state index contributed by atoms with van der Waals surface area (Å²) in [4.78, 5) is 11.9. The molecule has 0 saturated heterocycles. The number of carbonyl (C=O) groups is 1. The minimum atomic E-state index is 0.127. The van der Waals surface area contributed by atoms with Gasteiger partial charge in [-0.2, -0.15) is 0 Å². The maximum Gasteiger partial charge on any atom is 0.220 e. The Morgan fingerprint density at radius 2 is 1.80 bits per heavy atom. The molecule has 1 aromatic carbocycles. The third-order valence-electron chi connectivity index (χ3n) is 3.61. The number of amides is 1. The summed E-state index contributed by atoms with van der Waals surface area (Å²) in [5.74, 6) is 0.386. The molecule has 0 aliphatic rings. The van der Waals surface area contributed by atoms with Crippen LogP contribution < -0.4 is 10.6 Å². The molecule has 0 fully saturated rings. The van der Waals surface area contributed by atoms with Gasteiger partial charge in [0, 0.05) is 19.0 Å². The Hall–Kier alpha value is -1.35. The van der Waals surface area contributed by atoms with E-state index in [1.54, 1.807) is 0 Å². The summed E-state index contributed by atoms with van der Waals surface area (Å²) >= 11 is 0. The van der Waals surface area contributed by atoms with E-state index in [2.05, 4.69) is 62.6 Å². The first kappa shape index (κ1) is 16.7. The number of benzene rings is 1. The number of likely N-dealkylation sites (N-methyl/N-ethyl adjacent to an activating group) is 1. The molecule has 3 nitrogen and oxygen atoms in total. The van der Waals surface area contributed by atoms with Crippen molar-refractivity contribution in [1.82, 2.24) is 10.6 Å². The molecule has 1 rings (SSSR count). The van der Waals surface area contributed by atoms with Gasteiger partial charge in [-0.15, -0.1) is 0 Å². The molecule has 2 atom stereocenters. The fraction of sp³-hybridized carbons (Fsp3) is 0.588. The average molecular weight is 276 g/mol. The molecular weight excluding hydrogens is 248 g/mol. The van der Waals surface area contributed by atoms with E-state index in [0.29, 0.717) is 19.0 Å². The van der Waals surface area contributed by atoms with Gasteiger partial charge in [-0.25, -0.2) is 0 Å². The van der Waals surface area contributed by atoms with Crippen molar-refractivity contribution >= 4 is 5.91 Å². The van der Waals surface area contributed by atoms with Crippen LogP contribution in [0.2, 0.25) is 0 Å². The Morgan fingerprint density at radius 1 is 1.15 bits per heavy atom. The number of rotatable bonds is 8. The van der Waals surface area contributed by atoms with Crippen LogP contribution in [0.5, 0.6) is 0 Å². The van der Waals surface area contributed by atoms with Crippen molar-refractivity contribution in [3.05, 3.63) is 35.4 Å². The molecule has 2 N–H and O–H groups in total. The maximum absolute atomic E-state index is 11.9. The van der Waals surface area contributed by atoms with E-state index >= 15 is 0 Å². The molecule has 1 unspecified atom stereocenters. The number of hydrogen-bond acceptors (Lipinski definition) is 2. The molecule has 112 valence electrons. The van der Waals surface area contributed by atoms with Crippen molar-refractivity contribution < 1.29 is 4.79 Å². The topological polar surface area (TPSA) is 41.1 Å². The summed E-state index contributed by atoms with van der Waals surface area (Å²) in [7, 11) is 0. The normalized spacial score (nSPS) is 13.8. The Kier molecular flexibility index (Phi) is 7.31. The fourth-order valence-corrected chi connectivity index (χ4v) is 2.24. The highest BCUT2D eigenvalue weighted by Gasteiger charge is 2.11. The second-order valence-electron chi connectivity index (χ2n) is 5.46. The van der Waals surface area contributed by atoms with E-state index in [4.69, 9.17) is 0 Å². The van der Waals surface area contributed by atoms with Crippen LogP contribution >= 0.6 is 0 Å². The minimum absolute atomic E-state index is 0.127. The first-order valence-corrected chi connectivity index (χ1v) is 7.65. The highest BCUT2D eigenvalue weighted by atomic mass is 16.1. The number of hydrogen-bond donors (Lipinski definition) is 2. The maximum atomic E-state index is 11.9. The van der Waals surface area contributed by atoms with Crippen LogP contribution in [0, 0.1) is 0 Å². The molecular formula is C17H28N2O. The van der Waals surface area contributed by atoms with Gasteiger partial charge in [0.1, 0.15) is 0 Å². The van der Waals surface area contributed by atoms with Gasteiger partial charge in [-0.1, -0.05) is 45.0 Å². The second kappa shape index (κ2) is 8.75. The van der Waals surface area contributed by atoms with Gasteiger partial charge < -0.3 is 10.6 Å². The predicted molar refractivity (Wildman–Crippen MR) is 85.0 cm³/mol. The Balaban J connectivity index is 2.40. The number of aryl methyl sites for hydroxylation is 1. The van der Waals surface area contributed by atoms with Gasteiger partial charge in [-0.3, -0.25) is 4.79 Å². The molecule has 0 spiro atoms. The van der Waals surface area contributed by atoms with Crippen LogP contribution in [0.1, 0.15) is 51.2 Å². The van der Waals surface area contributed by atoms with Crippen molar-refractivity contribution in [1.29, 1.82) is 0 Å². The molecule has 1 aromatic rings. The van der Waals surface area contributed by atoms with Crippen LogP contribution in [-0.4, -0.2) is 25.0 Å². The van der Waals surface area contributed by atoms with E-state index in [1.807, 2.05) is 0 Å². The molecule has 0 aliphatic heterocycles. The lowest BCUT2D eigenvalue weighted by molar-refractivity contribution is -0.121.